The van der Waals surface area contributed by atoms with Crippen molar-refractivity contribution in [2.45, 2.75) is 38.4 Å². The summed E-state index contributed by atoms with van der Waals surface area (Å²) in [6, 6.07) is 1.98. The highest BCUT2D eigenvalue weighted by Crippen LogP contribution is 2.32. The summed E-state index contributed by atoms with van der Waals surface area (Å²) in [7, 11) is 2.09. The lowest BCUT2D eigenvalue weighted by molar-refractivity contribution is -0.169. The van der Waals surface area contributed by atoms with Gasteiger partial charge in [0.05, 0.1) is 13.2 Å². The van der Waals surface area contributed by atoms with E-state index in [4.69, 9.17) is 14.5 Å². The van der Waals surface area contributed by atoms with Crippen molar-refractivity contribution in [1.29, 1.82) is 0 Å². The van der Waals surface area contributed by atoms with Gasteiger partial charge in [0, 0.05) is 45.7 Å². The van der Waals surface area contributed by atoms with Crippen LogP contribution >= 0.6 is 0 Å². The van der Waals surface area contributed by atoms with Crippen molar-refractivity contribution < 1.29 is 9.47 Å². The van der Waals surface area contributed by atoms with Crippen molar-refractivity contribution in [1.82, 2.24) is 9.97 Å². The van der Waals surface area contributed by atoms with E-state index in [1.54, 1.807) is 0 Å². The van der Waals surface area contributed by atoms with E-state index in [-0.39, 0.29) is 5.79 Å². The van der Waals surface area contributed by atoms with Crippen molar-refractivity contribution in [3.63, 3.8) is 0 Å². The number of rotatable bonds is 5. The Bertz CT molecular complexity index is 481. The summed E-state index contributed by atoms with van der Waals surface area (Å²) < 4.78 is 11.5. The van der Waals surface area contributed by atoms with E-state index in [1.165, 1.54) is 12.8 Å². The van der Waals surface area contributed by atoms with E-state index in [2.05, 4.69) is 28.8 Å². The molecule has 3 rings (SSSR count). The van der Waals surface area contributed by atoms with Gasteiger partial charge < -0.3 is 19.3 Å². The van der Waals surface area contributed by atoms with Crippen LogP contribution in [0.2, 0.25) is 0 Å². The van der Waals surface area contributed by atoms with Crippen LogP contribution < -0.4 is 9.80 Å². The molecule has 6 nitrogen and oxygen atoms in total. The molecule has 0 bridgehead atoms. The van der Waals surface area contributed by atoms with Crippen LogP contribution in [0.5, 0.6) is 0 Å². The fourth-order valence-electron chi connectivity index (χ4n) is 3.05. The standard InChI is InChI=1S/C16H26N4O2/c1-3-4-9-19(2)14-5-8-17-15(18-14)20-10-6-16(7-11-20)21-12-13-22-16/h5,8H,3-4,6-7,9-13H2,1-2H3. The lowest BCUT2D eigenvalue weighted by Crippen LogP contribution is -2.45. The number of aromatic nitrogens is 2. The topological polar surface area (TPSA) is 50.7 Å². The molecule has 0 aromatic carbocycles. The highest BCUT2D eigenvalue weighted by molar-refractivity contribution is 5.43. The Hall–Kier alpha value is -1.40. The third-order valence-electron chi connectivity index (χ3n) is 4.49. The fourth-order valence-corrected chi connectivity index (χ4v) is 3.05. The summed E-state index contributed by atoms with van der Waals surface area (Å²) in [5.41, 5.74) is 0. The van der Waals surface area contributed by atoms with E-state index >= 15 is 0 Å². The zero-order valence-corrected chi connectivity index (χ0v) is 13.6. The Labute approximate surface area is 132 Å². The van der Waals surface area contributed by atoms with Crippen molar-refractivity contribution in [2.75, 3.05) is 49.7 Å². The van der Waals surface area contributed by atoms with E-state index in [0.717, 1.165) is 44.2 Å². The maximum atomic E-state index is 5.77. The molecular weight excluding hydrogens is 280 g/mol. The Morgan fingerprint density at radius 3 is 2.68 bits per heavy atom. The SMILES string of the molecule is CCCCN(C)c1ccnc(N2CCC3(CC2)OCCO3)n1. The Kier molecular flexibility index (Phi) is 4.78. The maximum Gasteiger partial charge on any atom is 0.227 e. The lowest BCUT2D eigenvalue weighted by Gasteiger charge is -2.37. The highest BCUT2D eigenvalue weighted by atomic mass is 16.7. The number of hydrogen-bond acceptors (Lipinski definition) is 6. The fraction of sp³-hybridized carbons (Fsp3) is 0.750. The van der Waals surface area contributed by atoms with Gasteiger partial charge in [-0.1, -0.05) is 13.3 Å². The average molecular weight is 306 g/mol. The Morgan fingerprint density at radius 2 is 2.00 bits per heavy atom. The first-order chi connectivity index (χ1) is 10.7. The van der Waals surface area contributed by atoms with Crippen LogP contribution in [0.25, 0.3) is 0 Å². The van der Waals surface area contributed by atoms with Crippen LogP contribution in [-0.4, -0.2) is 55.7 Å². The first kappa shape index (κ1) is 15.5. The van der Waals surface area contributed by atoms with Gasteiger partial charge in [0.15, 0.2) is 5.79 Å². The highest BCUT2D eigenvalue weighted by Gasteiger charge is 2.40. The number of piperidine rings is 1. The van der Waals surface area contributed by atoms with Gasteiger partial charge >= 0.3 is 0 Å². The number of ether oxygens (including phenoxy) is 2. The van der Waals surface area contributed by atoms with Crippen LogP contribution in [0.1, 0.15) is 32.6 Å². The molecule has 3 heterocycles. The van der Waals surface area contributed by atoms with Gasteiger partial charge in [0.25, 0.3) is 0 Å². The molecule has 2 fully saturated rings. The molecule has 0 amide bonds. The molecule has 0 saturated carbocycles. The zero-order valence-electron chi connectivity index (χ0n) is 13.6. The number of unbranched alkanes of at least 4 members (excludes halogenated alkanes) is 1. The smallest absolute Gasteiger partial charge is 0.227 e. The zero-order chi connectivity index (χ0) is 15.4. The minimum Gasteiger partial charge on any atom is -0.360 e. The molecule has 22 heavy (non-hydrogen) atoms. The third-order valence-corrected chi connectivity index (χ3v) is 4.49. The van der Waals surface area contributed by atoms with Gasteiger partial charge in [-0.25, -0.2) is 4.98 Å². The van der Waals surface area contributed by atoms with Crippen molar-refractivity contribution >= 4 is 11.8 Å². The van der Waals surface area contributed by atoms with Crippen LogP contribution in [0.15, 0.2) is 12.3 Å². The van der Waals surface area contributed by atoms with E-state index in [9.17, 15) is 0 Å². The molecule has 0 N–H and O–H groups in total. The number of nitrogens with zero attached hydrogens (tertiary/aromatic N) is 4. The summed E-state index contributed by atoms with van der Waals surface area (Å²) in [5.74, 6) is 1.47. The third kappa shape index (κ3) is 3.33. The molecule has 0 atom stereocenters. The predicted molar refractivity (Wildman–Crippen MR) is 86.3 cm³/mol. The second kappa shape index (κ2) is 6.79. The molecule has 2 aliphatic rings. The number of hydrogen-bond donors (Lipinski definition) is 0. The van der Waals surface area contributed by atoms with Crippen LogP contribution in [0, 0.1) is 0 Å². The van der Waals surface area contributed by atoms with Gasteiger partial charge in [-0.2, -0.15) is 4.98 Å². The molecule has 6 heteroatoms. The van der Waals surface area contributed by atoms with Crippen molar-refractivity contribution in [3.8, 4) is 0 Å². The molecule has 1 spiro atoms. The van der Waals surface area contributed by atoms with E-state index in [0.29, 0.717) is 13.2 Å². The van der Waals surface area contributed by atoms with E-state index < -0.39 is 0 Å². The summed E-state index contributed by atoms with van der Waals surface area (Å²) in [5, 5.41) is 0. The Balaban J connectivity index is 1.63. The molecule has 0 radical (unpaired) electrons. The average Bonchev–Trinajstić information content (AvgIpc) is 3.01. The van der Waals surface area contributed by atoms with Crippen molar-refractivity contribution in [2.24, 2.45) is 0 Å². The van der Waals surface area contributed by atoms with Gasteiger partial charge in [0.1, 0.15) is 5.82 Å². The first-order valence-corrected chi connectivity index (χ1v) is 8.29. The molecule has 2 saturated heterocycles. The second-order valence-electron chi connectivity index (χ2n) is 6.08. The predicted octanol–water partition coefficient (Wildman–Crippen LogP) is 2.06. The second-order valence-corrected chi connectivity index (χ2v) is 6.08. The minimum atomic E-state index is -0.341. The van der Waals surface area contributed by atoms with Crippen LogP contribution in [-0.2, 0) is 9.47 Å². The normalized spacial score (nSPS) is 20.5. The maximum absolute atomic E-state index is 5.77. The quantitative estimate of drug-likeness (QED) is 0.830. The minimum absolute atomic E-state index is 0.341. The van der Waals surface area contributed by atoms with Gasteiger partial charge in [-0.3, -0.25) is 0 Å². The molecule has 1 aromatic heterocycles. The molecule has 122 valence electrons. The summed E-state index contributed by atoms with van der Waals surface area (Å²) >= 11 is 0. The van der Waals surface area contributed by atoms with Crippen molar-refractivity contribution in [3.05, 3.63) is 12.3 Å². The molecular formula is C16H26N4O2. The molecule has 2 aliphatic heterocycles. The molecule has 1 aromatic rings. The lowest BCUT2D eigenvalue weighted by atomic mass is 10.0. The van der Waals surface area contributed by atoms with Crippen LogP contribution in [0.3, 0.4) is 0 Å². The van der Waals surface area contributed by atoms with Gasteiger partial charge in [0.2, 0.25) is 5.95 Å². The van der Waals surface area contributed by atoms with Gasteiger partial charge in [-0.05, 0) is 12.5 Å². The largest absolute Gasteiger partial charge is 0.360 e. The van der Waals surface area contributed by atoms with Gasteiger partial charge in [-0.15, -0.1) is 0 Å². The first-order valence-electron chi connectivity index (χ1n) is 8.29. The van der Waals surface area contributed by atoms with Crippen LogP contribution in [0.4, 0.5) is 11.8 Å². The Morgan fingerprint density at radius 1 is 1.27 bits per heavy atom. The monoisotopic (exact) mass is 306 g/mol. The summed E-state index contributed by atoms with van der Waals surface area (Å²) in [6.45, 7) is 6.42. The number of anilines is 2. The van der Waals surface area contributed by atoms with E-state index in [1.807, 2.05) is 12.3 Å². The molecule has 0 aliphatic carbocycles. The summed E-state index contributed by atoms with van der Waals surface area (Å²) in [6.07, 6.45) is 5.98. The summed E-state index contributed by atoms with van der Waals surface area (Å²) in [4.78, 5) is 13.6. The molecule has 0 unspecified atom stereocenters.